The fourth-order valence-corrected chi connectivity index (χ4v) is 3.59. The van der Waals surface area contributed by atoms with E-state index in [-0.39, 0.29) is 5.41 Å². The van der Waals surface area contributed by atoms with Crippen molar-refractivity contribution in [2.24, 2.45) is 5.41 Å². The monoisotopic (exact) mass is 254 g/mol. The Hall–Kier alpha value is -0.120. The van der Waals surface area contributed by atoms with Crippen LogP contribution < -0.4 is 0 Å². The van der Waals surface area contributed by atoms with E-state index in [0.29, 0.717) is 6.61 Å². The molecule has 0 spiro atoms. The van der Waals surface area contributed by atoms with Crippen LogP contribution >= 0.6 is 0 Å². The van der Waals surface area contributed by atoms with Gasteiger partial charge in [0.05, 0.1) is 0 Å². The number of nitrogens with zero attached hydrogens (tertiary/aromatic N) is 2. The third-order valence-corrected chi connectivity index (χ3v) is 5.18. The predicted molar refractivity (Wildman–Crippen MR) is 75.8 cm³/mol. The molecule has 0 aromatic carbocycles. The van der Waals surface area contributed by atoms with Crippen molar-refractivity contribution >= 4 is 0 Å². The molecule has 1 unspecified atom stereocenters. The minimum absolute atomic E-state index is 0.235. The lowest BCUT2D eigenvalue weighted by Gasteiger charge is -2.41. The van der Waals surface area contributed by atoms with Crippen molar-refractivity contribution in [2.75, 3.05) is 39.3 Å². The predicted octanol–water partition coefficient (Wildman–Crippen LogP) is 1.96. The Labute approximate surface area is 112 Å². The maximum atomic E-state index is 9.69. The molecule has 106 valence electrons. The van der Waals surface area contributed by atoms with E-state index in [1.54, 1.807) is 0 Å². The van der Waals surface area contributed by atoms with Gasteiger partial charge < -0.3 is 10.0 Å². The van der Waals surface area contributed by atoms with Crippen LogP contribution in [-0.2, 0) is 0 Å². The molecule has 18 heavy (non-hydrogen) atoms. The van der Waals surface area contributed by atoms with Gasteiger partial charge in [-0.15, -0.1) is 0 Å². The maximum Gasteiger partial charge on any atom is 0.0499 e. The summed E-state index contributed by atoms with van der Waals surface area (Å²) in [4.78, 5) is 5.19. The van der Waals surface area contributed by atoms with Gasteiger partial charge in [-0.05, 0) is 26.2 Å². The zero-order valence-electron chi connectivity index (χ0n) is 12.2. The molecule has 0 aromatic heterocycles. The summed E-state index contributed by atoms with van der Waals surface area (Å²) in [6.45, 7) is 10.9. The van der Waals surface area contributed by atoms with Gasteiger partial charge in [0.15, 0.2) is 0 Å². The lowest BCUT2D eigenvalue weighted by molar-refractivity contribution is 0.0397. The number of aliphatic hydroxyl groups excluding tert-OH is 1. The average molecular weight is 254 g/mol. The molecule has 2 aliphatic rings. The molecule has 1 atom stereocenters. The first kappa shape index (κ1) is 14.3. The number of piperazine rings is 1. The summed E-state index contributed by atoms with van der Waals surface area (Å²) in [5.41, 5.74) is 0.235. The molecule has 1 heterocycles. The second-order valence-electron chi connectivity index (χ2n) is 6.43. The van der Waals surface area contributed by atoms with Gasteiger partial charge in [-0.25, -0.2) is 0 Å². The molecule has 0 aromatic rings. The zero-order valence-corrected chi connectivity index (χ0v) is 12.2. The molecule has 2 rings (SSSR count). The van der Waals surface area contributed by atoms with Crippen LogP contribution in [0.15, 0.2) is 0 Å². The molecule has 1 saturated heterocycles. The average Bonchev–Trinajstić information content (AvgIpc) is 2.88. The Morgan fingerprint density at radius 3 is 2.22 bits per heavy atom. The Morgan fingerprint density at radius 1 is 1.11 bits per heavy atom. The highest BCUT2D eigenvalue weighted by Gasteiger charge is 2.35. The second-order valence-corrected chi connectivity index (χ2v) is 6.43. The van der Waals surface area contributed by atoms with Gasteiger partial charge in [-0.1, -0.05) is 19.8 Å². The first-order valence-electron chi connectivity index (χ1n) is 7.76. The molecule has 1 aliphatic heterocycles. The number of aliphatic hydroxyl groups is 1. The van der Waals surface area contributed by atoms with Gasteiger partial charge in [-0.2, -0.15) is 0 Å². The van der Waals surface area contributed by atoms with E-state index >= 15 is 0 Å². The first-order valence-corrected chi connectivity index (χ1v) is 7.76. The Bertz CT molecular complexity index is 243. The van der Waals surface area contributed by atoms with Gasteiger partial charge in [0.25, 0.3) is 0 Å². The third kappa shape index (κ3) is 3.25. The molecule has 3 heteroatoms. The highest BCUT2D eigenvalue weighted by molar-refractivity contribution is 4.88. The third-order valence-electron chi connectivity index (χ3n) is 5.18. The highest BCUT2D eigenvalue weighted by Crippen LogP contribution is 2.38. The van der Waals surface area contributed by atoms with Crippen molar-refractivity contribution in [3.63, 3.8) is 0 Å². The topological polar surface area (TPSA) is 26.7 Å². The van der Waals surface area contributed by atoms with Crippen molar-refractivity contribution < 1.29 is 5.11 Å². The largest absolute Gasteiger partial charge is 0.396 e. The van der Waals surface area contributed by atoms with E-state index in [2.05, 4.69) is 23.6 Å². The maximum absolute atomic E-state index is 9.69. The zero-order chi connectivity index (χ0) is 13.0. The highest BCUT2D eigenvalue weighted by atomic mass is 16.3. The van der Waals surface area contributed by atoms with E-state index in [0.717, 1.165) is 12.6 Å². The second kappa shape index (κ2) is 6.36. The van der Waals surface area contributed by atoms with E-state index in [4.69, 9.17) is 0 Å². The van der Waals surface area contributed by atoms with Gasteiger partial charge >= 0.3 is 0 Å². The quantitative estimate of drug-likeness (QED) is 0.812. The normalized spacial score (nSPS) is 27.5. The summed E-state index contributed by atoms with van der Waals surface area (Å²) in [7, 11) is 0. The smallest absolute Gasteiger partial charge is 0.0499 e. The number of rotatable bonds is 5. The molecular weight excluding hydrogens is 224 g/mol. The van der Waals surface area contributed by atoms with Gasteiger partial charge in [-0.3, -0.25) is 4.90 Å². The summed E-state index contributed by atoms with van der Waals surface area (Å²) in [6.07, 6.45) is 6.34. The fourth-order valence-electron chi connectivity index (χ4n) is 3.59. The molecular formula is C15H30N2O. The van der Waals surface area contributed by atoms with Crippen LogP contribution in [0.4, 0.5) is 0 Å². The number of hydrogen-bond acceptors (Lipinski definition) is 3. The van der Waals surface area contributed by atoms with Crippen molar-refractivity contribution in [1.29, 1.82) is 0 Å². The fraction of sp³-hybridized carbons (Fsp3) is 1.00. The lowest BCUT2D eigenvalue weighted by atomic mass is 9.86. The molecule has 0 amide bonds. The molecule has 0 bridgehead atoms. The van der Waals surface area contributed by atoms with Crippen LogP contribution in [-0.4, -0.2) is 60.3 Å². The molecule has 1 saturated carbocycles. The first-order chi connectivity index (χ1) is 8.69. The van der Waals surface area contributed by atoms with Crippen molar-refractivity contribution in [3.05, 3.63) is 0 Å². The summed E-state index contributed by atoms with van der Waals surface area (Å²) in [6, 6.07) is 0.727. The summed E-state index contributed by atoms with van der Waals surface area (Å²) >= 11 is 0. The van der Waals surface area contributed by atoms with Crippen LogP contribution in [0.25, 0.3) is 0 Å². The standard InChI is InChI=1S/C15H30N2O/c1-3-14(2)17-10-8-16(9-11-17)12-15(13-18)6-4-5-7-15/h14,18H,3-13H2,1-2H3. The Balaban J connectivity index is 1.79. The summed E-state index contributed by atoms with van der Waals surface area (Å²) in [5, 5.41) is 9.69. The Morgan fingerprint density at radius 2 is 1.72 bits per heavy atom. The van der Waals surface area contributed by atoms with Crippen LogP contribution in [0.2, 0.25) is 0 Å². The van der Waals surface area contributed by atoms with Crippen molar-refractivity contribution in [1.82, 2.24) is 9.80 Å². The molecule has 1 N–H and O–H groups in total. The van der Waals surface area contributed by atoms with E-state index in [1.165, 1.54) is 58.3 Å². The van der Waals surface area contributed by atoms with Crippen LogP contribution in [0, 0.1) is 5.41 Å². The minimum Gasteiger partial charge on any atom is -0.396 e. The number of hydrogen-bond donors (Lipinski definition) is 1. The molecule has 1 aliphatic carbocycles. The summed E-state index contributed by atoms with van der Waals surface area (Å²) < 4.78 is 0. The van der Waals surface area contributed by atoms with Crippen molar-refractivity contribution in [3.8, 4) is 0 Å². The van der Waals surface area contributed by atoms with Crippen LogP contribution in [0.1, 0.15) is 46.0 Å². The van der Waals surface area contributed by atoms with E-state index in [9.17, 15) is 5.11 Å². The summed E-state index contributed by atoms with van der Waals surface area (Å²) in [5.74, 6) is 0. The van der Waals surface area contributed by atoms with E-state index in [1.807, 2.05) is 0 Å². The Kier molecular flexibility index (Phi) is 5.05. The van der Waals surface area contributed by atoms with Gasteiger partial charge in [0.2, 0.25) is 0 Å². The van der Waals surface area contributed by atoms with Gasteiger partial charge in [0, 0.05) is 50.8 Å². The van der Waals surface area contributed by atoms with E-state index < -0.39 is 0 Å². The molecule has 3 nitrogen and oxygen atoms in total. The van der Waals surface area contributed by atoms with Crippen LogP contribution in [0.5, 0.6) is 0 Å². The van der Waals surface area contributed by atoms with Gasteiger partial charge in [0.1, 0.15) is 0 Å². The minimum atomic E-state index is 0.235. The lowest BCUT2D eigenvalue weighted by Crippen LogP contribution is -2.52. The molecule has 0 radical (unpaired) electrons. The SMILES string of the molecule is CCC(C)N1CCN(CC2(CO)CCCC2)CC1. The molecule has 2 fully saturated rings. The van der Waals surface area contributed by atoms with Crippen LogP contribution in [0.3, 0.4) is 0 Å². The van der Waals surface area contributed by atoms with Crippen molar-refractivity contribution in [2.45, 2.75) is 52.0 Å².